The Morgan fingerprint density at radius 3 is 2.50 bits per heavy atom. The molecule has 2 rings (SSSR count). The van der Waals surface area contributed by atoms with Gasteiger partial charge in [0, 0.05) is 13.2 Å². The Morgan fingerprint density at radius 1 is 1.11 bits per heavy atom. The van der Waals surface area contributed by atoms with Gasteiger partial charge in [-0.1, -0.05) is 26.3 Å². The summed E-state index contributed by atoms with van der Waals surface area (Å²) in [6.07, 6.45) is 6.28. The Kier molecular flexibility index (Phi) is 9.10. The van der Waals surface area contributed by atoms with E-state index in [2.05, 4.69) is 45.1 Å². The van der Waals surface area contributed by atoms with Crippen molar-refractivity contribution in [2.45, 2.75) is 71.9 Å². The summed E-state index contributed by atoms with van der Waals surface area (Å²) in [5.74, 6) is 3.91. The van der Waals surface area contributed by atoms with Crippen molar-refractivity contribution in [3.63, 3.8) is 0 Å². The molecule has 28 heavy (non-hydrogen) atoms. The fourth-order valence-electron chi connectivity index (χ4n) is 4.36. The molecule has 1 saturated heterocycles. The first-order valence-corrected chi connectivity index (χ1v) is 10.9. The standard InChI is InChI=1S/C24H41NO3/c1-18(2)7-9-20(21-12-14-28-24(3,4)16-21)11-13-25-17-19-8-10-22(26-5)23(15-19)27-6/h8,10,15,18,20-21,25H,7,9,11-14,16-17H2,1-6H3/t20-,21-/m0/s1. The Bertz CT molecular complexity index is 585. The SMILES string of the molecule is COc1ccc(CNCC[C@H](CCC(C)C)[C@H]2CCOC(C)(C)C2)cc1OC. The zero-order valence-corrected chi connectivity index (χ0v) is 18.8. The second-order valence-corrected chi connectivity index (χ2v) is 9.25. The van der Waals surface area contributed by atoms with E-state index in [1.54, 1.807) is 14.2 Å². The molecule has 160 valence electrons. The van der Waals surface area contributed by atoms with Crippen molar-refractivity contribution < 1.29 is 14.2 Å². The number of nitrogens with one attached hydrogen (secondary N) is 1. The molecule has 4 nitrogen and oxygen atoms in total. The van der Waals surface area contributed by atoms with Crippen molar-refractivity contribution >= 4 is 0 Å². The molecule has 0 radical (unpaired) electrons. The molecule has 1 aliphatic rings. The summed E-state index contributed by atoms with van der Waals surface area (Å²) in [5.41, 5.74) is 1.26. The summed E-state index contributed by atoms with van der Waals surface area (Å²) in [7, 11) is 3.36. The van der Waals surface area contributed by atoms with Gasteiger partial charge in [-0.25, -0.2) is 0 Å². The third-order valence-corrected chi connectivity index (χ3v) is 5.99. The van der Waals surface area contributed by atoms with Gasteiger partial charge in [-0.15, -0.1) is 0 Å². The molecular weight excluding hydrogens is 350 g/mol. The summed E-state index contributed by atoms with van der Waals surface area (Å²) in [6.45, 7) is 12.0. The van der Waals surface area contributed by atoms with Crippen molar-refractivity contribution in [1.82, 2.24) is 5.32 Å². The van der Waals surface area contributed by atoms with E-state index in [1.165, 1.54) is 37.7 Å². The molecule has 0 aromatic heterocycles. The Balaban J connectivity index is 1.87. The van der Waals surface area contributed by atoms with Crippen molar-refractivity contribution in [2.75, 3.05) is 27.4 Å². The number of methoxy groups -OCH3 is 2. The predicted octanol–water partition coefficient (Wildman–Crippen LogP) is 5.44. The van der Waals surface area contributed by atoms with Crippen LogP contribution in [0.3, 0.4) is 0 Å². The maximum absolute atomic E-state index is 5.96. The highest BCUT2D eigenvalue weighted by atomic mass is 16.5. The average Bonchev–Trinajstić information content (AvgIpc) is 2.66. The minimum atomic E-state index is 0.0338. The maximum Gasteiger partial charge on any atom is 0.161 e. The van der Waals surface area contributed by atoms with Gasteiger partial charge in [-0.2, -0.15) is 0 Å². The molecule has 0 spiro atoms. The summed E-state index contributed by atoms with van der Waals surface area (Å²) >= 11 is 0. The van der Waals surface area contributed by atoms with Crippen molar-refractivity contribution in [3.05, 3.63) is 23.8 Å². The summed E-state index contributed by atoms with van der Waals surface area (Å²) in [5, 5.41) is 3.64. The monoisotopic (exact) mass is 391 g/mol. The highest BCUT2D eigenvalue weighted by molar-refractivity contribution is 5.42. The lowest BCUT2D eigenvalue weighted by molar-refractivity contribution is -0.0839. The number of rotatable bonds is 11. The van der Waals surface area contributed by atoms with Crippen molar-refractivity contribution in [2.24, 2.45) is 17.8 Å². The zero-order chi connectivity index (χ0) is 20.6. The van der Waals surface area contributed by atoms with E-state index in [0.717, 1.165) is 48.9 Å². The number of hydrogen-bond acceptors (Lipinski definition) is 4. The van der Waals surface area contributed by atoms with Crippen molar-refractivity contribution in [3.8, 4) is 11.5 Å². The molecule has 0 saturated carbocycles. The van der Waals surface area contributed by atoms with Crippen LogP contribution in [-0.2, 0) is 11.3 Å². The van der Waals surface area contributed by atoms with Gasteiger partial charge in [-0.05, 0) is 81.5 Å². The van der Waals surface area contributed by atoms with Gasteiger partial charge in [0.05, 0.1) is 19.8 Å². The fourth-order valence-corrected chi connectivity index (χ4v) is 4.36. The van der Waals surface area contributed by atoms with E-state index in [-0.39, 0.29) is 5.60 Å². The molecule has 1 aromatic carbocycles. The first-order chi connectivity index (χ1) is 13.3. The molecule has 0 aliphatic carbocycles. The Morgan fingerprint density at radius 2 is 1.86 bits per heavy atom. The second-order valence-electron chi connectivity index (χ2n) is 9.25. The van der Waals surface area contributed by atoms with Crippen LogP contribution >= 0.6 is 0 Å². The number of ether oxygens (including phenoxy) is 3. The lowest BCUT2D eigenvalue weighted by atomic mass is 9.75. The normalized spacial score (nSPS) is 20.2. The molecule has 0 bridgehead atoms. The summed E-state index contributed by atoms with van der Waals surface area (Å²) < 4.78 is 16.7. The molecule has 4 heteroatoms. The van der Waals surface area contributed by atoms with Gasteiger partial charge in [-0.3, -0.25) is 0 Å². The second kappa shape index (κ2) is 11.1. The minimum Gasteiger partial charge on any atom is -0.493 e. The van der Waals surface area contributed by atoms with E-state index in [1.807, 2.05) is 6.07 Å². The Hall–Kier alpha value is -1.26. The summed E-state index contributed by atoms with van der Waals surface area (Å²) in [6, 6.07) is 6.14. The molecular formula is C24H41NO3. The minimum absolute atomic E-state index is 0.0338. The van der Waals surface area contributed by atoms with E-state index in [4.69, 9.17) is 14.2 Å². The van der Waals surface area contributed by atoms with Gasteiger partial charge in [0.25, 0.3) is 0 Å². The first-order valence-electron chi connectivity index (χ1n) is 10.9. The molecule has 1 heterocycles. The van der Waals surface area contributed by atoms with E-state index < -0.39 is 0 Å². The molecule has 0 unspecified atom stereocenters. The molecule has 1 aromatic rings. The van der Waals surface area contributed by atoms with Crippen molar-refractivity contribution in [1.29, 1.82) is 0 Å². The molecule has 1 N–H and O–H groups in total. The fraction of sp³-hybridized carbons (Fsp3) is 0.750. The van der Waals surface area contributed by atoms with Gasteiger partial charge in [0.15, 0.2) is 11.5 Å². The van der Waals surface area contributed by atoms with Crippen LogP contribution in [0.25, 0.3) is 0 Å². The van der Waals surface area contributed by atoms with Crippen LogP contribution in [0.5, 0.6) is 11.5 Å². The van der Waals surface area contributed by atoms with Crippen LogP contribution in [0.4, 0.5) is 0 Å². The largest absolute Gasteiger partial charge is 0.493 e. The maximum atomic E-state index is 5.96. The lowest BCUT2D eigenvalue weighted by Gasteiger charge is -2.39. The zero-order valence-electron chi connectivity index (χ0n) is 18.8. The van der Waals surface area contributed by atoms with Crippen LogP contribution < -0.4 is 14.8 Å². The predicted molar refractivity (Wildman–Crippen MR) is 116 cm³/mol. The van der Waals surface area contributed by atoms with Crippen LogP contribution in [0, 0.1) is 17.8 Å². The third-order valence-electron chi connectivity index (χ3n) is 5.99. The third kappa shape index (κ3) is 7.29. The molecule has 1 fully saturated rings. The highest BCUT2D eigenvalue weighted by Crippen LogP contribution is 2.37. The van der Waals surface area contributed by atoms with E-state index >= 15 is 0 Å². The average molecular weight is 392 g/mol. The van der Waals surface area contributed by atoms with Gasteiger partial charge in [0.2, 0.25) is 0 Å². The van der Waals surface area contributed by atoms with Crippen LogP contribution in [0.2, 0.25) is 0 Å². The topological polar surface area (TPSA) is 39.7 Å². The molecule has 1 aliphatic heterocycles. The first kappa shape index (κ1) is 23.0. The van der Waals surface area contributed by atoms with Crippen LogP contribution in [0.1, 0.15) is 65.4 Å². The van der Waals surface area contributed by atoms with E-state index in [0.29, 0.717) is 0 Å². The summed E-state index contributed by atoms with van der Waals surface area (Å²) in [4.78, 5) is 0. The highest BCUT2D eigenvalue weighted by Gasteiger charge is 2.33. The van der Waals surface area contributed by atoms with E-state index in [9.17, 15) is 0 Å². The van der Waals surface area contributed by atoms with Gasteiger partial charge >= 0.3 is 0 Å². The van der Waals surface area contributed by atoms with Crippen LogP contribution in [-0.4, -0.2) is 33.0 Å². The molecule has 2 atom stereocenters. The molecule has 0 amide bonds. The number of benzene rings is 1. The lowest BCUT2D eigenvalue weighted by Crippen LogP contribution is -2.37. The Labute approximate surface area is 172 Å². The van der Waals surface area contributed by atoms with Gasteiger partial charge < -0.3 is 19.5 Å². The van der Waals surface area contributed by atoms with Gasteiger partial charge in [0.1, 0.15) is 0 Å². The smallest absolute Gasteiger partial charge is 0.161 e. The quantitative estimate of drug-likeness (QED) is 0.510. The number of hydrogen-bond donors (Lipinski definition) is 1. The van der Waals surface area contributed by atoms with Crippen LogP contribution in [0.15, 0.2) is 18.2 Å².